The molecule has 6 aromatic rings. The molecule has 0 radical (unpaired) electrons. The summed E-state index contributed by atoms with van der Waals surface area (Å²) in [6.07, 6.45) is 5.09. The van der Waals surface area contributed by atoms with Crippen molar-refractivity contribution >= 4 is 81.8 Å². The van der Waals surface area contributed by atoms with E-state index in [0.29, 0.717) is 54.1 Å². The van der Waals surface area contributed by atoms with Gasteiger partial charge in [0.25, 0.3) is 0 Å². The molecule has 6 aromatic carbocycles. The molecular weight excluding hydrogens is 1390 g/mol. The topological polar surface area (TPSA) is 436 Å². The van der Waals surface area contributed by atoms with Gasteiger partial charge in [-0.3, -0.25) is 57.7 Å². The number of carbonyl (C=O) groups excluding carboxylic acids is 10. The van der Waals surface area contributed by atoms with E-state index in [-0.39, 0.29) is 82.6 Å². The highest BCUT2D eigenvalue weighted by atomic mass is 16.4. The van der Waals surface area contributed by atoms with Crippen LogP contribution in [0.5, 0.6) is 5.75 Å². The van der Waals surface area contributed by atoms with Crippen molar-refractivity contribution in [2.45, 2.75) is 197 Å². The molecule has 1 heterocycles. The number of aromatic hydroxyl groups is 1. The number of nitrogens with zero attached hydrogens (tertiary/aromatic N) is 2. The van der Waals surface area contributed by atoms with Crippen LogP contribution in [0.1, 0.15) is 126 Å². The third kappa shape index (κ3) is 28.1. The summed E-state index contributed by atoms with van der Waals surface area (Å²) in [6, 6.07) is 31.5. The number of carbonyl (C=O) groups is 11. The first kappa shape index (κ1) is 85.0. The second-order valence-corrected chi connectivity index (χ2v) is 27.6. The molecule has 17 N–H and O–H groups in total. The van der Waals surface area contributed by atoms with Crippen molar-refractivity contribution < 1.29 is 68.1 Å². The van der Waals surface area contributed by atoms with Crippen LogP contribution in [0.3, 0.4) is 0 Å². The summed E-state index contributed by atoms with van der Waals surface area (Å²) >= 11 is 0. The molecule has 10 amide bonds. The van der Waals surface area contributed by atoms with Crippen LogP contribution in [0.4, 0.5) is 0 Å². The van der Waals surface area contributed by atoms with E-state index >= 15 is 14.4 Å². The second kappa shape index (κ2) is 44.1. The fourth-order valence-corrected chi connectivity index (χ4v) is 13.1. The number of unbranched alkanes of at least 4 members (excludes halogenated alkanes) is 1. The molecule has 0 spiro atoms. The first-order chi connectivity index (χ1) is 52.4. The zero-order valence-corrected chi connectivity index (χ0v) is 62.4. The highest BCUT2D eigenvalue weighted by Gasteiger charge is 2.40. The van der Waals surface area contributed by atoms with E-state index in [1.807, 2.05) is 42.5 Å². The van der Waals surface area contributed by atoms with E-state index in [2.05, 4.69) is 72.0 Å². The molecule has 0 aliphatic carbocycles. The Labute approximate surface area is 635 Å². The molecule has 584 valence electrons. The van der Waals surface area contributed by atoms with Crippen LogP contribution in [0, 0.1) is 0 Å². The number of hydrogen-bond acceptors (Lipinski definition) is 15. The van der Waals surface area contributed by atoms with Crippen LogP contribution >= 0.6 is 0 Å². The third-order valence-electron chi connectivity index (χ3n) is 18.9. The first-order valence-electron chi connectivity index (χ1n) is 37.4. The van der Waals surface area contributed by atoms with Gasteiger partial charge in [0.2, 0.25) is 59.1 Å². The maximum absolute atomic E-state index is 15.1. The molecule has 0 bridgehead atoms. The summed E-state index contributed by atoms with van der Waals surface area (Å²) in [7, 11) is 0. The fourth-order valence-electron chi connectivity index (χ4n) is 13.1. The number of fused-ring (bicyclic) bond motifs is 1. The van der Waals surface area contributed by atoms with Gasteiger partial charge in [0, 0.05) is 58.2 Å². The maximum atomic E-state index is 15.1. The monoisotopic (exact) mass is 1500 g/mol. The highest BCUT2D eigenvalue weighted by Crippen LogP contribution is 2.23. The zero-order chi connectivity index (χ0) is 78.8. The zero-order valence-electron chi connectivity index (χ0n) is 62.4. The number of carboxylic acid groups (broad SMARTS) is 1. The van der Waals surface area contributed by atoms with Crippen molar-refractivity contribution in [1.29, 1.82) is 0 Å². The van der Waals surface area contributed by atoms with Crippen LogP contribution in [0.25, 0.3) is 10.8 Å². The third-order valence-corrected chi connectivity index (χ3v) is 18.9. The van der Waals surface area contributed by atoms with Crippen molar-refractivity contribution in [1.82, 2.24) is 58.1 Å². The van der Waals surface area contributed by atoms with E-state index < -0.39 is 132 Å². The van der Waals surface area contributed by atoms with Gasteiger partial charge in [-0.15, -0.1) is 0 Å². The lowest BCUT2D eigenvalue weighted by atomic mass is 9.99. The number of aliphatic carboxylic acids is 1. The van der Waals surface area contributed by atoms with Gasteiger partial charge in [-0.1, -0.05) is 172 Å². The van der Waals surface area contributed by atoms with Gasteiger partial charge in [-0.25, -0.2) is 0 Å². The number of nitrogens with two attached hydrogens (primary N) is 2. The van der Waals surface area contributed by atoms with Gasteiger partial charge in [0.1, 0.15) is 66.2 Å². The van der Waals surface area contributed by atoms with Crippen LogP contribution < -0.4 is 64.6 Å². The van der Waals surface area contributed by atoms with Gasteiger partial charge >= 0.3 is 5.97 Å². The minimum absolute atomic E-state index is 0.0246. The molecule has 1 aliphatic heterocycles. The summed E-state index contributed by atoms with van der Waals surface area (Å²) in [5, 5.41) is 60.8. The van der Waals surface area contributed by atoms with Crippen LogP contribution in [-0.2, 0) is 84.8 Å². The second-order valence-electron chi connectivity index (χ2n) is 27.6. The van der Waals surface area contributed by atoms with Crippen molar-refractivity contribution in [3.05, 3.63) is 186 Å². The SMILES string of the molecule is CCCC(CCC)NCCCC[C@H](NC(=O)[C@H](Cc1ccccc1)NC(=O)[C@@H](CCCN=C(N)N)NC(=O)[C@H](Cc1ccc(O)cc1)NC(=O)[C@H](CO)NC(=O)[C@@H](Cc1ccccc1)NC(=O)[C@@H](Cc1ccccc1)NC(=O)[C@@H](Cc1ccc2ccccc2c1)NC(C)=O)C(=O)N1CCC[C@@H]1C(=O)N[C@H](C)C(=O)O. The highest BCUT2D eigenvalue weighted by molar-refractivity contribution is 5.99. The molecule has 28 heteroatoms. The lowest BCUT2D eigenvalue weighted by Gasteiger charge is -2.31. The Morgan fingerprint density at radius 1 is 0.477 bits per heavy atom. The van der Waals surface area contributed by atoms with E-state index in [0.717, 1.165) is 42.0 Å². The number of rotatable bonds is 44. The number of phenolic OH excluding ortho intramolecular Hbond substituents is 1. The number of aliphatic imine (C=N–C) groups is 1. The Balaban J connectivity index is 1.14. The van der Waals surface area contributed by atoms with Crippen LogP contribution in [-0.4, -0.2) is 184 Å². The smallest absolute Gasteiger partial charge is 0.325 e. The fraction of sp³-hybridized carbons (Fsp3) is 0.432. The number of nitrogens with one attached hydrogen (secondary N) is 10. The van der Waals surface area contributed by atoms with Crippen LogP contribution in [0.15, 0.2) is 163 Å². The van der Waals surface area contributed by atoms with E-state index in [9.17, 15) is 53.7 Å². The Kier molecular flexibility index (Phi) is 34.4. The van der Waals surface area contributed by atoms with Gasteiger partial charge in [0.05, 0.1) is 6.61 Å². The molecule has 10 atom stereocenters. The lowest BCUT2D eigenvalue weighted by molar-refractivity contribution is -0.144. The molecule has 28 nitrogen and oxygen atoms in total. The molecule has 1 saturated heterocycles. The normalized spacial score (nSPS) is 15.0. The number of amides is 10. The van der Waals surface area contributed by atoms with Crippen LogP contribution in [0.2, 0.25) is 0 Å². The van der Waals surface area contributed by atoms with E-state index in [4.69, 9.17) is 11.5 Å². The number of benzene rings is 6. The average molecular weight is 1500 g/mol. The molecule has 7 rings (SSSR count). The van der Waals surface area contributed by atoms with Crippen molar-refractivity contribution in [2.75, 3.05) is 26.2 Å². The minimum atomic E-state index is -1.81. The van der Waals surface area contributed by atoms with Crippen molar-refractivity contribution in [2.24, 2.45) is 16.5 Å². The molecule has 1 aliphatic rings. The Bertz CT molecular complexity index is 4010. The Morgan fingerprint density at radius 2 is 0.890 bits per heavy atom. The van der Waals surface area contributed by atoms with Gasteiger partial charge in [-0.05, 0) is 122 Å². The summed E-state index contributed by atoms with van der Waals surface area (Å²) < 4.78 is 0. The number of carboxylic acids is 1. The van der Waals surface area contributed by atoms with E-state index in [1.165, 1.54) is 43.0 Å². The number of aliphatic hydroxyl groups excluding tert-OH is 1. The molecule has 0 saturated carbocycles. The molecule has 109 heavy (non-hydrogen) atoms. The Morgan fingerprint density at radius 3 is 1.37 bits per heavy atom. The minimum Gasteiger partial charge on any atom is -0.508 e. The van der Waals surface area contributed by atoms with Crippen molar-refractivity contribution in [3.63, 3.8) is 0 Å². The quantitative estimate of drug-likeness (QED) is 0.0148. The predicted octanol–water partition coefficient (Wildman–Crippen LogP) is 3.31. The first-order valence-corrected chi connectivity index (χ1v) is 37.4. The Hall–Kier alpha value is -11.3. The standard InChI is InChI=1S/C81H106N14O14/c1-5-22-60(23-6-2)84-41-19-18-32-63(79(107)95-43-21-34-70(95)78(106)86-51(3)80(108)109)89-74(102)65(45-53-24-10-7-11-25-53)90-71(99)62(33-20-42-85-81(82)83)88-73(101)68(48-56-36-39-61(98)40-37-56)93-77(105)69(50-96)94-76(104)67(47-55-28-14-9-15-29-55)92-75(103)66(46-54-26-12-8-13-27-54)91-72(100)64(87-52(4)97)49-57-35-38-58-30-16-17-31-59(58)44-57/h7-17,24-31,35-40,44,51,60,62-70,84,96,98H,5-6,18-23,32-34,41-43,45-50H2,1-4H3,(H,86,106)(H,87,97)(H,88,101)(H,89,102)(H,90,99)(H,91,100)(H,92,103)(H,93,105)(H,94,104)(H,108,109)(H4,82,83,85)/t51-,62-,63+,64-,65+,66-,67-,68+,69+,70-/m1/s1. The number of phenols is 1. The average Bonchev–Trinajstić information content (AvgIpc) is 1.81. The number of likely N-dealkylation sites (tertiary alicyclic amines) is 1. The molecule has 1 fully saturated rings. The summed E-state index contributed by atoms with van der Waals surface area (Å²) in [6.45, 7) is 6.51. The number of hydrogen-bond donors (Lipinski definition) is 15. The van der Waals surface area contributed by atoms with Gasteiger partial charge in [-0.2, -0.15) is 0 Å². The summed E-state index contributed by atoms with van der Waals surface area (Å²) in [5.74, 6) is -9.60. The largest absolute Gasteiger partial charge is 0.508 e. The maximum Gasteiger partial charge on any atom is 0.325 e. The van der Waals surface area contributed by atoms with Gasteiger partial charge in [0.15, 0.2) is 5.96 Å². The summed E-state index contributed by atoms with van der Waals surface area (Å²) in [5.41, 5.74) is 14.3. The number of guanidine groups is 1. The lowest BCUT2D eigenvalue weighted by Crippen LogP contribution is -2.61. The van der Waals surface area contributed by atoms with Gasteiger partial charge < -0.3 is 84.9 Å². The van der Waals surface area contributed by atoms with E-state index in [1.54, 1.807) is 91.0 Å². The molecule has 0 unspecified atom stereocenters. The molecule has 0 aromatic heterocycles. The molecular formula is C81H106N14O14. The number of aliphatic hydroxyl groups is 1. The predicted molar refractivity (Wildman–Crippen MR) is 413 cm³/mol. The van der Waals surface area contributed by atoms with Crippen molar-refractivity contribution in [3.8, 4) is 5.75 Å². The summed E-state index contributed by atoms with van der Waals surface area (Å²) in [4.78, 5) is 162.